The van der Waals surface area contributed by atoms with Gasteiger partial charge >= 0.3 is 5.97 Å². The third kappa shape index (κ3) is 1.98. The summed E-state index contributed by atoms with van der Waals surface area (Å²) in [5, 5.41) is 8.64. The van der Waals surface area contributed by atoms with Crippen LogP contribution in [0.5, 0.6) is 0 Å². The molecular weight excluding hydrogens is 240 g/mol. The van der Waals surface area contributed by atoms with Crippen molar-refractivity contribution in [3.8, 4) is 0 Å². The first kappa shape index (κ1) is 11.9. The summed E-state index contributed by atoms with van der Waals surface area (Å²) < 4.78 is 0. The number of hydrogen-bond acceptors (Lipinski definition) is 4. The zero-order valence-corrected chi connectivity index (χ0v) is 9.91. The molecule has 0 saturated heterocycles. The predicted octanol–water partition coefficient (Wildman–Crippen LogP) is 1.55. The van der Waals surface area contributed by atoms with Gasteiger partial charge in [0.05, 0.1) is 0 Å². The number of ketones is 2. The van der Waals surface area contributed by atoms with Crippen molar-refractivity contribution >= 4 is 29.3 Å². The molecule has 1 unspecified atom stereocenters. The standard InChI is InChI=1S/C12H10O4S/c1-6-3-2-4-7-9(13)8(5-17-11(6)7)10(14)12(15)16/h2-4,8H,5H2,1H3,(H,15,16). The fourth-order valence-electron chi connectivity index (χ4n) is 1.81. The lowest BCUT2D eigenvalue weighted by Crippen LogP contribution is -2.34. The number of carboxylic acids is 1. The number of benzene rings is 1. The molecule has 0 radical (unpaired) electrons. The third-order valence-electron chi connectivity index (χ3n) is 2.72. The highest BCUT2D eigenvalue weighted by atomic mass is 32.2. The van der Waals surface area contributed by atoms with Crippen molar-refractivity contribution in [1.29, 1.82) is 0 Å². The number of Topliss-reactive ketones (excluding diaryl/α,β-unsaturated/α-hetero) is 2. The smallest absolute Gasteiger partial charge is 0.372 e. The van der Waals surface area contributed by atoms with Crippen LogP contribution in [0.4, 0.5) is 0 Å². The molecule has 0 aromatic heterocycles. The summed E-state index contributed by atoms with van der Waals surface area (Å²) in [7, 11) is 0. The Bertz CT molecular complexity index is 521. The molecular formula is C12H10O4S. The van der Waals surface area contributed by atoms with Gasteiger partial charge in [-0.05, 0) is 12.5 Å². The van der Waals surface area contributed by atoms with E-state index in [9.17, 15) is 14.4 Å². The minimum absolute atomic E-state index is 0.210. The van der Waals surface area contributed by atoms with Crippen LogP contribution in [0.15, 0.2) is 23.1 Å². The van der Waals surface area contributed by atoms with Crippen molar-refractivity contribution in [1.82, 2.24) is 0 Å². The number of carboxylic acid groups (broad SMARTS) is 1. The zero-order chi connectivity index (χ0) is 12.6. The Labute approximate surface area is 102 Å². The summed E-state index contributed by atoms with van der Waals surface area (Å²) in [6.45, 7) is 1.89. The van der Waals surface area contributed by atoms with E-state index in [1.54, 1.807) is 12.1 Å². The van der Waals surface area contributed by atoms with Crippen molar-refractivity contribution in [2.45, 2.75) is 11.8 Å². The molecule has 0 amide bonds. The minimum Gasteiger partial charge on any atom is -0.475 e. The Morgan fingerprint density at radius 2 is 2.12 bits per heavy atom. The van der Waals surface area contributed by atoms with Crippen LogP contribution in [0, 0.1) is 12.8 Å². The monoisotopic (exact) mass is 250 g/mol. The van der Waals surface area contributed by atoms with E-state index in [4.69, 9.17) is 5.11 Å². The van der Waals surface area contributed by atoms with E-state index in [0.717, 1.165) is 10.5 Å². The Kier molecular flexibility index (Phi) is 3.02. The number of rotatable bonds is 2. The molecule has 1 aliphatic rings. The first-order valence-electron chi connectivity index (χ1n) is 5.06. The summed E-state index contributed by atoms with van der Waals surface area (Å²) >= 11 is 1.37. The van der Waals surface area contributed by atoms with Crippen LogP contribution in [0.3, 0.4) is 0 Å². The molecule has 5 heteroatoms. The van der Waals surface area contributed by atoms with Gasteiger partial charge in [0.2, 0.25) is 0 Å². The maximum Gasteiger partial charge on any atom is 0.372 e. The van der Waals surface area contributed by atoms with Crippen LogP contribution < -0.4 is 0 Å². The molecule has 1 aromatic carbocycles. The first-order valence-corrected chi connectivity index (χ1v) is 6.04. The molecule has 1 aromatic rings. The Balaban J connectivity index is 2.40. The fraction of sp³-hybridized carbons (Fsp3) is 0.250. The minimum atomic E-state index is -1.54. The van der Waals surface area contributed by atoms with E-state index in [1.807, 2.05) is 13.0 Å². The van der Waals surface area contributed by atoms with E-state index in [0.29, 0.717) is 5.56 Å². The molecule has 88 valence electrons. The van der Waals surface area contributed by atoms with Crippen molar-refractivity contribution in [2.24, 2.45) is 5.92 Å². The van der Waals surface area contributed by atoms with E-state index < -0.39 is 17.7 Å². The molecule has 2 rings (SSSR count). The zero-order valence-electron chi connectivity index (χ0n) is 9.10. The number of carbonyl (C=O) groups is 3. The normalized spacial score (nSPS) is 18.6. The van der Waals surface area contributed by atoms with Crippen LogP contribution in [-0.4, -0.2) is 28.4 Å². The van der Waals surface area contributed by atoms with Crippen LogP contribution >= 0.6 is 11.8 Å². The molecule has 1 N–H and O–H groups in total. The SMILES string of the molecule is Cc1cccc2c1SCC(C(=O)C(=O)O)C2=O. The molecule has 1 aliphatic heterocycles. The first-order chi connectivity index (χ1) is 8.02. The van der Waals surface area contributed by atoms with Gasteiger partial charge in [0.15, 0.2) is 5.78 Å². The highest BCUT2D eigenvalue weighted by molar-refractivity contribution is 7.99. The third-order valence-corrected chi connectivity index (χ3v) is 4.05. The number of aryl methyl sites for hydroxylation is 1. The van der Waals surface area contributed by atoms with Crippen molar-refractivity contribution in [3.63, 3.8) is 0 Å². The molecule has 1 atom stereocenters. The molecule has 0 spiro atoms. The van der Waals surface area contributed by atoms with Gasteiger partial charge in [-0.15, -0.1) is 11.8 Å². The summed E-state index contributed by atoms with van der Waals surface area (Å²) in [5.74, 6) is -3.78. The van der Waals surface area contributed by atoms with E-state index in [-0.39, 0.29) is 11.5 Å². The summed E-state index contributed by atoms with van der Waals surface area (Å²) in [4.78, 5) is 34.9. The quantitative estimate of drug-likeness (QED) is 0.637. The molecule has 1 heterocycles. The second-order valence-electron chi connectivity index (χ2n) is 3.85. The van der Waals surface area contributed by atoms with Crippen LogP contribution in [0.2, 0.25) is 0 Å². The summed E-state index contributed by atoms with van der Waals surface area (Å²) in [5.41, 5.74) is 1.43. The molecule has 4 nitrogen and oxygen atoms in total. The second-order valence-corrected chi connectivity index (χ2v) is 4.88. The summed E-state index contributed by atoms with van der Waals surface area (Å²) in [6, 6.07) is 5.26. The van der Waals surface area contributed by atoms with Crippen molar-refractivity contribution < 1.29 is 19.5 Å². The van der Waals surface area contributed by atoms with Gasteiger partial charge in [-0.25, -0.2) is 4.79 Å². The highest BCUT2D eigenvalue weighted by Gasteiger charge is 2.36. The van der Waals surface area contributed by atoms with Crippen LogP contribution in [0.1, 0.15) is 15.9 Å². The lowest BCUT2D eigenvalue weighted by molar-refractivity contribution is -0.150. The highest BCUT2D eigenvalue weighted by Crippen LogP contribution is 2.35. The molecule has 0 fully saturated rings. The maximum atomic E-state index is 12.0. The Hall–Kier alpha value is -1.62. The summed E-state index contributed by atoms with van der Waals surface area (Å²) in [6.07, 6.45) is 0. The van der Waals surface area contributed by atoms with Gasteiger partial charge in [-0.2, -0.15) is 0 Å². The molecule has 17 heavy (non-hydrogen) atoms. The number of hydrogen-bond donors (Lipinski definition) is 1. The Morgan fingerprint density at radius 1 is 1.41 bits per heavy atom. The van der Waals surface area contributed by atoms with Gasteiger partial charge in [0.25, 0.3) is 5.78 Å². The fourth-order valence-corrected chi connectivity index (χ4v) is 3.07. The van der Waals surface area contributed by atoms with Crippen LogP contribution in [0.25, 0.3) is 0 Å². The largest absolute Gasteiger partial charge is 0.475 e. The van der Waals surface area contributed by atoms with Gasteiger partial charge in [0, 0.05) is 16.2 Å². The topological polar surface area (TPSA) is 71.4 Å². The lowest BCUT2D eigenvalue weighted by Gasteiger charge is -2.21. The number of fused-ring (bicyclic) bond motifs is 1. The van der Waals surface area contributed by atoms with Crippen molar-refractivity contribution in [3.05, 3.63) is 29.3 Å². The van der Waals surface area contributed by atoms with Gasteiger partial charge in [0.1, 0.15) is 5.92 Å². The van der Waals surface area contributed by atoms with Crippen LogP contribution in [-0.2, 0) is 9.59 Å². The Morgan fingerprint density at radius 3 is 2.76 bits per heavy atom. The lowest BCUT2D eigenvalue weighted by atomic mass is 9.93. The second kappa shape index (κ2) is 4.33. The van der Waals surface area contributed by atoms with E-state index in [2.05, 4.69) is 0 Å². The molecule has 0 saturated carbocycles. The van der Waals surface area contributed by atoms with E-state index in [1.165, 1.54) is 11.8 Å². The average Bonchev–Trinajstić information content (AvgIpc) is 2.30. The molecule has 0 bridgehead atoms. The van der Waals surface area contributed by atoms with Gasteiger partial charge in [-0.3, -0.25) is 9.59 Å². The average molecular weight is 250 g/mol. The number of aliphatic carboxylic acids is 1. The molecule has 0 aliphatic carbocycles. The van der Waals surface area contributed by atoms with E-state index >= 15 is 0 Å². The van der Waals surface area contributed by atoms with Gasteiger partial charge in [-0.1, -0.05) is 18.2 Å². The maximum absolute atomic E-state index is 12.0. The number of carbonyl (C=O) groups excluding carboxylic acids is 2. The van der Waals surface area contributed by atoms with Gasteiger partial charge < -0.3 is 5.11 Å². The number of thioether (sulfide) groups is 1. The van der Waals surface area contributed by atoms with Crippen molar-refractivity contribution in [2.75, 3.05) is 5.75 Å². The predicted molar refractivity (Wildman–Crippen MR) is 62.4 cm³/mol.